The Bertz CT molecular complexity index is 408. The number of hydrogen-bond donors (Lipinski definition) is 3. The molecule has 0 aromatic heterocycles. The van der Waals surface area contributed by atoms with Crippen molar-refractivity contribution in [3.05, 3.63) is 35.9 Å². The van der Waals surface area contributed by atoms with Gasteiger partial charge >= 0.3 is 12.0 Å². The first kappa shape index (κ1) is 15.0. The molecular formula is C13H18N2O4. The fourth-order valence-electron chi connectivity index (χ4n) is 1.53. The highest BCUT2D eigenvalue weighted by molar-refractivity contribution is 5.83. The molecule has 19 heavy (non-hydrogen) atoms. The molecule has 0 aliphatic rings. The molecule has 2 amide bonds. The number of carboxylic acid groups (broad SMARTS) is 1. The van der Waals surface area contributed by atoms with Gasteiger partial charge in [-0.2, -0.15) is 0 Å². The smallest absolute Gasteiger partial charge is 0.330 e. The normalized spacial score (nSPS) is 11.6. The minimum Gasteiger partial charge on any atom is -0.479 e. The highest BCUT2D eigenvalue weighted by Gasteiger charge is 2.21. The molecular weight excluding hydrogens is 248 g/mol. The van der Waals surface area contributed by atoms with Crippen LogP contribution in [0, 0.1) is 0 Å². The quantitative estimate of drug-likeness (QED) is 0.646. The van der Waals surface area contributed by atoms with Crippen molar-refractivity contribution in [1.29, 1.82) is 0 Å². The molecule has 0 spiro atoms. The monoisotopic (exact) mass is 266 g/mol. The summed E-state index contributed by atoms with van der Waals surface area (Å²) in [5.74, 6) is -1.10. The van der Waals surface area contributed by atoms with E-state index in [1.54, 1.807) is 37.4 Å². The molecule has 0 radical (unpaired) electrons. The van der Waals surface area contributed by atoms with Gasteiger partial charge in [0.1, 0.15) is 0 Å². The number of carboxylic acids is 1. The number of carbonyl (C=O) groups is 2. The van der Waals surface area contributed by atoms with Crippen molar-refractivity contribution >= 4 is 12.0 Å². The van der Waals surface area contributed by atoms with E-state index in [0.717, 1.165) is 0 Å². The third kappa shape index (κ3) is 5.39. The molecule has 1 aromatic rings. The van der Waals surface area contributed by atoms with Gasteiger partial charge in [0.25, 0.3) is 0 Å². The van der Waals surface area contributed by atoms with Crippen LogP contribution in [0.4, 0.5) is 4.79 Å². The van der Waals surface area contributed by atoms with Gasteiger partial charge in [0.15, 0.2) is 6.04 Å². The number of amides is 2. The van der Waals surface area contributed by atoms with Gasteiger partial charge < -0.3 is 20.5 Å². The van der Waals surface area contributed by atoms with Crippen LogP contribution in [0.5, 0.6) is 0 Å². The number of benzene rings is 1. The van der Waals surface area contributed by atoms with E-state index in [0.29, 0.717) is 25.1 Å². The van der Waals surface area contributed by atoms with Crippen LogP contribution in [0.15, 0.2) is 30.3 Å². The van der Waals surface area contributed by atoms with Crippen LogP contribution < -0.4 is 10.6 Å². The third-order valence-electron chi connectivity index (χ3n) is 2.47. The second-order valence-corrected chi connectivity index (χ2v) is 3.93. The van der Waals surface area contributed by atoms with Gasteiger partial charge in [-0.05, 0) is 12.0 Å². The van der Waals surface area contributed by atoms with Crippen molar-refractivity contribution in [2.24, 2.45) is 0 Å². The first-order valence-electron chi connectivity index (χ1n) is 5.96. The van der Waals surface area contributed by atoms with E-state index >= 15 is 0 Å². The summed E-state index contributed by atoms with van der Waals surface area (Å²) in [6, 6.07) is 6.99. The van der Waals surface area contributed by atoms with Gasteiger partial charge in [-0.25, -0.2) is 9.59 Å². The Labute approximate surface area is 111 Å². The van der Waals surface area contributed by atoms with E-state index in [-0.39, 0.29) is 0 Å². The molecule has 0 aliphatic carbocycles. The lowest BCUT2D eigenvalue weighted by Gasteiger charge is -2.15. The number of aliphatic carboxylic acids is 1. The summed E-state index contributed by atoms with van der Waals surface area (Å²) in [5.41, 5.74) is 0.530. The molecule has 0 bridgehead atoms. The lowest BCUT2D eigenvalue weighted by molar-refractivity contribution is -0.139. The van der Waals surface area contributed by atoms with Gasteiger partial charge in [0.05, 0.1) is 0 Å². The fraction of sp³-hybridized carbons (Fsp3) is 0.385. The number of methoxy groups -OCH3 is 1. The Balaban J connectivity index is 2.51. The fourth-order valence-corrected chi connectivity index (χ4v) is 1.53. The highest BCUT2D eigenvalue weighted by atomic mass is 16.5. The summed E-state index contributed by atoms with van der Waals surface area (Å²) < 4.78 is 4.85. The van der Waals surface area contributed by atoms with E-state index in [4.69, 9.17) is 9.84 Å². The van der Waals surface area contributed by atoms with Crippen LogP contribution in [0.1, 0.15) is 18.0 Å². The summed E-state index contributed by atoms with van der Waals surface area (Å²) in [6.45, 7) is 0.974. The van der Waals surface area contributed by atoms with Crippen molar-refractivity contribution < 1.29 is 19.4 Å². The lowest BCUT2D eigenvalue weighted by atomic mass is 10.1. The molecule has 0 heterocycles. The maximum atomic E-state index is 11.6. The molecule has 0 fully saturated rings. The second kappa shape index (κ2) is 8.10. The van der Waals surface area contributed by atoms with Crippen LogP contribution in [0.3, 0.4) is 0 Å². The van der Waals surface area contributed by atoms with Gasteiger partial charge in [-0.3, -0.25) is 0 Å². The largest absolute Gasteiger partial charge is 0.479 e. The van der Waals surface area contributed by atoms with Crippen molar-refractivity contribution in [3.8, 4) is 0 Å². The molecule has 1 aromatic carbocycles. The summed E-state index contributed by atoms with van der Waals surface area (Å²) in [4.78, 5) is 22.7. The molecule has 0 aliphatic heterocycles. The van der Waals surface area contributed by atoms with Gasteiger partial charge in [0.2, 0.25) is 0 Å². The van der Waals surface area contributed by atoms with Crippen LogP contribution in [0.2, 0.25) is 0 Å². The van der Waals surface area contributed by atoms with Crippen molar-refractivity contribution in [3.63, 3.8) is 0 Å². The number of nitrogens with one attached hydrogen (secondary N) is 2. The highest BCUT2D eigenvalue weighted by Crippen LogP contribution is 2.12. The zero-order chi connectivity index (χ0) is 14.1. The Morgan fingerprint density at radius 2 is 2.00 bits per heavy atom. The summed E-state index contributed by atoms with van der Waals surface area (Å²) in [5, 5.41) is 14.1. The zero-order valence-electron chi connectivity index (χ0n) is 10.8. The molecule has 0 unspecified atom stereocenters. The molecule has 6 nitrogen and oxygen atoms in total. The van der Waals surface area contributed by atoms with Crippen molar-refractivity contribution in [1.82, 2.24) is 10.6 Å². The van der Waals surface area contributed by atoms with Crippen LogP contribution in [-0.4, -0.2) is 37.4 Å². The predicted octanol–water partition coefficient (Wildman–Crippen LogP) is 1.15. The van der Waals surface area contributed by atoms with Crippen LogP contribution in [0.25, 0.3) is 0 Å². The van der Waals surface area contributed by atoms with E-state index in [2.05, 4.69) is 10.6 Å². The minimum atomic E-state index is -1.10. The minimum absolute atomic E-state index is 0.431. The molecule has 104 valence electrons. The van der Waals surface area contributed by atoms with E-state index in [1.165, 1.54) is 0 Å². The Kier molecular flexibility index (Phi) is 6.38. The topological polar surface area (TPSA) is 87.7 Å². The lowest BCUT2D eigenvalue weighted by Crippen LogP contribution is -2.41. The maximum absolute atomic E-state index is 11.6. The Hall–Kier alpha value is -2.08. The standard InChI is InChI=1S/C13H18N2O4/c1-19-9-5-8-14-13(18)15-11(12(16)17)10-6-3-2-4-7-10/h2-4,6-7,11H,5,8-9H2,1H3,(H,16,17)(H2,14,15,18)/t11-/m1/s1. The second-order valence-electron chi connectivity index (χ2n) is 3.93. The van der Waals surface area contributed by atoms with Gasteiger partial charge in [-0.1, -0.05) is 30.3 Å². The molecule has 1 rings (SSSR count). The first-order valence-corrected chi connectivity index (χ1v) is 5.96. The van der Waals surface area contributed by atoms with Crippen molar-refractivity contribution in [2.45, 2.75) is 12.5 Å². The number of urea groups is 1. The third-order valence-corrected chi connectivity index (χ3v) is 2.47. The molecule has 1 atom stereocenters. The number of carbonyl (C=O) groups excluding carboxylic acids is 1. The summed E-state index contributed by atoms with van der Waals surface area (Å²) in [6.07, 6.45) is 0.674. The van der Waals surface area contributed by atoms with E-state index in [1.807, 2.05) is 0 Å². The predicted molar refractivity (Wildman–Crippen MR) is 69.8 cm³/mol. The molecule has 3 N–H and O–H groups in total. The maximum Gasteiger partial charge on any atom is 0.330 e. The van der Waals surface area contributed by atoms with Gasteiger partial charge in [-0.15, -0.1) is 0 Å². The number of rotatable bonds is 7. The van der Waals surface area contributed by atoms with Crippen molar-refractivity contribution in [2.75, 3.05) is 20.3 Å². The zero-order valence-corrected chi connectivity index (χ0v) is 10.8. The number of ether oxygens (including phenoxy) is 1. The van der Waals surface area contributed by atoms with E-state index < -0.39 is 18.0 Å². The molecule has 6 heteroatoms. The van der Waals surface area contributed by atoms with Crippen LogP contribution >= 0.6 is 0 Å². The average Bonchev–Trinajstić information content (AvgIpc) is 2.41. The Morgan fingerprint density at radius 1 is 1.32 bits per heavy atom. The SMILES string of the molecule is COCCCNC(=O)N[C@@H](C(=O)O)c1ccccc1. The number of hydrogen-bond acceptors (Lipinski definition) is 3. The van der Waals surface area contributed by atoms with Gasteiger partial charge in [0, 0.05) is 20.3 Å². The summed E-state index contributed by atoms with van der Waals surface area (Å²) in [7, 11) is 1.58. The first-order chi connectivity index (χ1) is 9.15. The molecule has 0 saturated heterocycles. The average molecular weight is 266 g/mol. The molecule has 0 saturated carbocycles. The van der Waals surface area contributed by atoms with E-state index in [9.17, 15) is 9.59 Å². The van der Waals surface area contributed by atoms with Crippen LogP contribution in [-0.2, 0) is 9.53 Å². The Morgan fingerprint density at radius 3 is 2.58 bits per heavy atom. The summed E-state index contributed by atoms with van der Waals surface area (Å²) >= 11 is 0.